The van der Waals surface area contributed by atoms with E-state index in [-0.39, 0.29) is 11.5 Å². The van der Waals surface area contributed by atoms with E-state index in [0.29, 0.717) is 28.2 Å². The smallest absolute Gasteiger partial charge is 0.262 e. The number of nitrogens with zero attached hydrogens (tertiary/aromatic N) is 3. The first-order valence-electron chi connectivity index (χ1n) is 9.77. The molecular weight excluding hydrogens is 404 g/mol. The number of rotatable bonds is 3. The lowest BCUT2D eigenvalue weighted by Gasteiger charge is -2.08. The molecule has 1 amide bonds. The van der Waals surface area contributed by atoms with E-state index < -0.39 is 0 Å². The Morgan fingerprint density at radius 3 is 2.90 bits per heavy atom. The Hall–Kier alpha value is -2.58. The van der Waals surface area contributed by atoms with Gasteiger partial charge in [0.1, 0.15) is 15.7 Å². The van der Waals surface area contributed by atoms with Crippen LogP contribution in [-0.2, 0) is 19.5 Å². The third-order valence-electron chi connectivity index (χ3n) is 5.36. The van der Waals surface area contributed by atoms with E-state index >= 15 is 0 Å². The lowest BCUT2D eigenvalue weighted by molar-refractivity contribution is 0.0954. The van der Waals surface area contributed by atoms with Gasteiger partial charge in [-0.1, -0.05) is 18.6 Å². The average molecular weight is 425 g/mol. The predicted molar refractivity (Wildman–Crippen MR) is 117 cm³/mol. The van der Waals surface area contributed by atoms with E-state index in [2.05, 4.69) is 10.3 Å². The number of fused-ring (bicyclic) bond motifs is 3. The van der Waals surface area contributed by atoms with E-state index in [1.54, 1.807) is 15.9 Å². The van der Waals surface area contributed by atoms with Gasteiger partial charge in [0.15, 0.2) is 0 Å². The van der Waals surface area contributed by atoms with Crippen LogP contribution in [0.4, 0.5) is 0 Å². The predicted octanol–water partition coefficient (Wildman–Crippen LogP) is 4.03. The minimum atomic E-state index is -0.177. The van der Waals surface area contributed by atoms with Crippen molar-refractivity contribution < 1.29 is 4.79 Å². The lowest BCUT2D eigenvalue weighted by atomic mass is 10.2. The largest absolute Gasteiger partial charge is 0.345 e. The van der Waals surface area contributed by atoms with Gasteiger partial charge >= 0.3 is 0 Å². The molecule has 29 heavy (non-hydrogen) atoms. The normalized spacial score (nSPS) is 14.1. The van der Waals surface area contributed by atoms with Gasteiger partial charge in [0.05, 0.1) is 27.0 Å². The number of thiazole rings is 1. The van der Waals surface area contributed by atoms with Gasteiger partial charge in [-0.2, -0.15) is 0 Å². The first-order chi connectivity index (χ1) is 14.1. The molecule has 0 radical (unpaired) electrons. The fraction of sp³-hybridized carbons (Fsp3) is 0.333. The van der Waals surface area contributed by atoms with Gasteiger partial charge in [-0.3, -0.25) is 14.2 Å². The first kappa shape index (κ1) is 18.4. The second kappa shape index (κ2) is 7.35. The molecule has 0 bridgehead atoms. The summed E-state index contributed by atoms with van der Waals surface area (Å²) in [4.78, 5) is 36.4. The van der Waals surface area contributed by atoms with Crippen LogP contribution in [0.25, 0.3) is 20.4 Å². The topological polar surface area (TPSA) is 76.9 Å². The van der Waals surface area contributed by atoms with Crippen LogP contribution in [0.2, 0.25) is 0 Å². The summed E-state index contributed by atoms with van der Waals surface area (Å²) in [5.74, 6) is 0.673. The van der Waals surface area contributed by atoms with Crippen molar-refractivity contribution >= 4 is 49.0 Å². The van der Waals surface area contributed by atoms with Crippen LogP contribution >= 0.6 is 22.7 Å². The van der Waals surface area contributed by atoms with Crippen LogP contribution in [0.15, 0.2) is 29.1 Å². The van der Waals surface area contributed by atoms with Gasteiger partial charge < -0.3 is 5.32 Å². The van der Waals surface area contributed by atoms with E-state index in [9.17, 15) is 9.59 Å². The van der Waals surface area contributed by atoms with Crippen molar-refractivity contribution in [1.29, 1.82) is 0 Å². The Balaban J connectivity index is 1.45. The summed E-state index contributed by atoms with van der Waals surface area (Å²) < 4.78 is 2.91. The molecule has 3 aromatic heterocycles. The number of aromatic nitrogens is 3. The maximum atomic E-state index is 13.1. The summed E-state index contributed by atoms with van der Waals surface area (Å²) in [6.45, 7) is 2.93. The summed E-state index contributed by atoms with van der Waals surface area (Å²) in [6, 6.07) is 7.93. The molecule has 4 heterocycles. The summed E-state index contributed by atoms with van der Waals surface area (Å²) in [7, 11) is 0. The summed E-state index contributed by atoms with van der Waals surface area (Å²) >= 11 is 2.89. The van der Waals surface area contributed by atoms with Gasteiger partial charge in [0.25, 0.3) is 11.5 Å². The van der Waals surface area contributed by atoms with Crippen LogP contribution in [-0.4, -0.2) is 20.4 Å². The van der Waals surface area contributed by atoms with Gasteiger partial charge in [-0.05, 0) is 37.5 Å². The van der Waals surface area contributed by atoms with Crippen molar-refractivity contribution in [3.8, 4) is 0 Å². The van der Waals surface area contributed by atoms with Gasteiger partial charge in [0, 0.05) is 13.0 Å². The van der Waals surface area contributed by atoms with E-state index in [4.69, 9.17) is 4.98 Å². The number of aryl methyl sites for hydroxylation is 2. The summed E-state index contributed by atoms with van der Waals surface area (Å²) in [5.41, 5.74) is 1.66. The number of benzene rings is 1. The van der Waals surface area contributed by atoms with E-state index in [1.165, 1.54) is 11.3 Å². The van der Waals surface area contributed by atoms with Gasteiger partial charge in [0.2, 0.25) is 0 Å². The third-order valence-corrected chi connectivity index (χ3v) is 7.58. The maximum absolute atomic E-state index is 13.1. The molecule has 0 spiro atoms. The molecular formula is C21H20N4O2S2. The Morgan fingerprint density at radius 2 is 2.03 bits per heavy atom. The van der Waals surface area contributed by atoms with E-state index in [0.717, 1.165) is 52.3 Å². The quantitative estimate of drug-likeness (QED) is 0.539. The molecule has 6 nitrogen and oxygen atoms in total. The highest BCUT2D eigenvalue weighted by atomic mass is 32.1. The molecule has 0 fully saturated rings. The van der Waals surface area contributed by atoms with Crippen molar-refractivity contribution in [1.82, 2.24) is 19.9 Å². The Labute approximate surface area is 175 Å². The Kier molecular flexibility index (Phi) is 4.67. The molecule has 0 saturated heterocycles. The van der Waals surface area contributed by atoms with Crippen LogP contribution in [0.3, 0.4) is 0 Å². The molecule has 1 aliphatic rings. The Bertz CT molecular complexity index is 1270. The molecule has 8 heteroatoms. The standard InChI is InChI=1S/C21H20N4O2S2/c1-12-17-20(24-15-9-3-2-6-10-25(15)21(17)27)29-18(12)19(26)22-11-16-23-13-7-4-5-8-14(13)28-16/h4-5,7-8H,2-3,6,9-11H2,1H3,(H,22,26). The third kappa shape index (κ3) is 3.26. The number of nitrogens with one attached hydrogen (secondary N) is 1. The minimum absolute atomic E-state index is 0.00845. The van der Waals surface area contributed by atoms with Crippen molar-refractivity contribution in [3.63, 3.8) is 0 Å². The molecule has 0 saturated carbocycles. The Morgan fingerprint density at radius 1 is 1.17 bits per heavy atom. The molecule has 148 valence electrons. The van der Waals surface area contributed by atoms with Gasteiger partial charge in [-0.15, -0.1) is 22.7 Å². The maximum Gasteiger partial charge on any atom is 0.262 e. The molecule has 0 atom stereocenters. The van der Waals surface area contributed by atoms with Crippen LogP contribution in [0, 0.1) is 6.92 Å². The molecule has 1 N–H and O–H groups in total. The zero-order chi connectivity index (χ0) is 20.0. The molecule has 5 rings (SSSR count). The molecule has 0 aliphatic carbocycles. The number of carbonyl (C=O) groups is 1. The lowest BCUT2D eigenvalue weighted by Crippen LogP contribution is -2.25. The van der Waals surface area contributed by atoms with Crippen molar-refractivity contribution in [2.24, 2.45) is 0 Å². The van der Waals surface area contributed by atoms with Crippen LogP contribution < -0.4 is 10.9 Å². The summed E-state index contributed by atoms with van der Waals surface area (Å²) in [6.07, 6.45) is 3.99. The van der Waals surface area contributed by atoms with Crippen LogP contribution in [0.5, 0.6) is 0 Å². The number of thiophene rings is 1. The SMILES string of the molecule is Cc1c(C(=O)NCc2nc3ccccc3s2)sc2nc3n(c(=O)c12)CCCCC3. The number of carbonyl (C=O) groups excluding carboxylic acids is 1. The molecule has 1 aromatic carbocycles. The average Bonchev–Trinajstić information content (AvgIpc) is 3.18. The second-order valence-corrected chi connectivity index (χ2v) is 9.40. The first-order valence-corrected chi connectivity index (χ1v) is 11.4. The molecule has 4 aromatic rings. The summed E-state index contributed by atoms with van der Waals surface area (Å²) in [5, 5.41) is 4.41. The monoisotopic (exact) mass is 424 g/mol. The fourth-order valence-corrected chi connectivity index (χ4v) is 5.87. The van der Waals surface area contributed by atoms with Gasteiger partial charge in [-0.25, -0.2) is 9.97 Å². The van der Waals surface area contributed by atoms with E-state index in [1.807, 2.05) is 31.2 Å². The van der Waals surface area contributed by atoms with Crippen molar-refractivity contribution in [2.45, 2.75) is 45.7 Å². The fourth-order valence-electron chi connectivity index (χ4n) is 3.86. The number of hydrogen-bond donors (Lipinski definition) is 1. The highest BCUT2D eigenvalue weighted by Crippen LogP contribution is 2.28. The van der Waals surface area contributed by atoms with Crippen molar-refractivity contribution in [2.75, 3.05) is 0 Å². The van der Waals surface area contributed by atoms with Crippen molar-refractivity contribution in [3.05, 3.63) is 55.9 Å². The second-order valence-electron chi connectivity index (χ2n) is 7.29. The molecule has 0 unspecified atom stereocenters. The highest BCUT2D eigenvalue weighted by molar-refractivity contribution is 7.20. The zero-order valence-corrected chi connectivity index (χ0v) is 17.7. The van der Waals surface area contributed by atoms with Crippen LogP contribution in [0.1, 0.15) is 45.3 Å². The number of amides is 1. The highest BCUT2D eigenvalue weighted by Gasteiger charge is 2.22. The molecule has 1 aliphatic heterocycles. The minimum Gasteiger partial charge on any atom is -0.345 e. The zero-order valence-electron chi connectivity index (χ0n) is 16.0. The number of para-hydroxylation sites is 1. The number of hydrogen-bond acceptors (Lipinski definition) is 6.